The van der Waals surface area contributed by atoms with E-state index in [1.807, 2.05) is 0 Å². The minimum Gasteiger partial charge on any atom is -0.0622 e. The van der Waals surface area contributed by atoms with Crippen molar-refractivity contribution in [2.75, 3.05) is 0 Å². The van der Waals surface area contributed by atoms with Crippen molar-refractivity contribution >= 4 is 21.5 Å². The fourth-order valence-electron chi connectivity index (χ4n) is 7.43. The largest absolute Gasteiger partial charge is 0.0622 e. The van der Waals surface area contributed by atoms with Gasteiger partial charge >= 0.3 is 0 Å². The van der Waals surface area contributed by atoms with Crippen LogP contribution in [0.1, 0.15) is 0 Å². The molecule has 0 radical (unpaired) electrons. The molecule has 0 atom stereocenters. The third-order valence-electron chi connectivity index (χ3n) is 9.22. The number of rotatable bonds is 4. The Labute approximate surface area is 257 Å². The molecule has 8 aromatic carbocycles. The molecule has 0 unspecified atom stereocenters. The molecule has 0 nitrogen and oxygen atoms in total. The molecule has 0 spiro atoms. The lowest BCUT2D eigenvalue weighted by molar-refractivity contribution is 1.57. The van der Waals surface area contributed by atoms with Crippen molar-refractivity contribution in [3.05, 3.63) is 170 Å². The highest BCUT2D eigenvalue weighted by molar-refractivity contribution is 6.27. The van der Waals surface area contributed by atoms with E-state index in [1.54, 1.807) is 0 Å². The molecule has 0 aromatic heterocycles. The summed E-state index contributed by atoms with van der Waals surface area (Å²) in [5.74, 6) is 0. The summed E-state index contributed by atoms with van der Waals surface area (Å²) in [6.45, 7) is 0. The molecule has 0 amide bonds. The Morgan fingerprint density at radius 2 is 0.682 bits per heavy atom. The van der Waals surface area contributed by atoms with E-state index >= 15 is 0 Å². The van der Waals surface area contributed by atoms with Crippen LogP contribution in [0, 0.1) is 0 Å². The zero-order valence-electron chi connectivity index (χ0n) is 24.2. The van der Waals surface area contributed by atoms with Gasteiger partial charge in [-0.1, -0.05) is 170 Å². The van der Waals surface area contributed by atoms with E-state index in [1.165, 1.54) is 88.3 Å². The van der Waals surface area contributed by atoms with Gasteiger partial charge in [0.25, 0.3) is 0 Å². The van der Waals surface area contributed by atoms with E-state index < -0.39 is 0 Å². The van der Waals surface area contributed by atoms with Crippen LogP contribution in [-0.4, -0.2) is 0 Å². The third kappa shape index (κ3) is 3.65. The van der Waals surface area contributed by atoms with Crippen LogP contribution in [0.4, 0.5) is 0 Å². The number of fused-ring (bicyclic) bond motifs is 4. The van der Waals surface area contributed by atoms with Gasteiger partial charge in [-0.05, 0) is 88.3 Å². The van der Waals surface area contributed by atoms with Gasteiger partial charge in [-0.15, -0.1) is 0 Å². The van der Waals surface area contributed by atoms with E-state index in [2.05, 4.69) is 170 Å². The summed E-state index contributed by atoms with van der Waals surface area (Å²) in [7, 11) is 0. The maximum Gasteiger partial charge on any atom is -0.000741 e. The molecule has 8 aromatic rings. The Kier molecular flexibility index (Phi) is 5.61. The van der Waals surface area contributed by atoms with Crippen LogP contribution in [0.2, 0.25) is 0 Å². The Morgan fingerprint density at radius 3 is 1.41 bits per heavy atom. The summed E-state index contributed by atoms with van der Waals surface area (Å²) in [5.41, 5.74) is 15.3. The molecule has 0 aliphatic heterocycles. The van der Waals surface area contributed by atoms with Gasteiger partial charge < -0.3 is 0 Å². The van der Waals surface area contributed by atoms with Gasteiger partial charge in [0.2, 0.25) is 0 Å². The molecule has 1 aliphatic carbocycles. The zero-order valence-corrected chi connectivity index (χ0v) is 24.2. The van der Waals surface area contributed by atoms with Crippen LogP contribution < -0.4 is 0 Å². The van der Waals surface area contributed by atoms with E-state index in [-0.39, 0.29) is 0 Å². The van der Waals surface area contributed by atoms with E-state index in [0.29, 0.717) is 0 Å². The third-order valence-corrected chi connectivity index (χ3v) is 9.22. The second kappa shape index (κ2) is 9.93. The topological polar surface area (TPSA) is 0 Å². The quantitative estimate of drug-likeness (QED) is 0.202. The SMILES string of the molecule is c1ccc(-c2c(-c3ccccc3-c3cccc4ccccc34)c3c4c(cccc4c2-c2ccccc2)-c2ccccc2-3)cc1. The van der Waals surface area contributed by atoms with Crippen molar-refractivity contribution < 1.29 is 0 Å². The summed E-state index contributed by atoms with van der Waals surface area (Å²) in [4.78, 5) is 0. The molecule has 0 saturated heterocycles. The summed E-state index contributed by atoms with van der Waals surface area (Å²) in [6, 6.07) is 62.2. The van der Waals surface area contributed by atoms with Crippen LogP contribution in [0.3, 0.4) is 0 Å². The predicted molar refractivity (Wildman–Crippen MR) is 188 cm³/mol. The van der Waals surface area contributed by atoms with Crippen molar-refractivity contribution in [1.29, 1.82) is 0 Å². The average molecular weight is 557 g/mol. The molecule has 0 heterocycles. The molecule has 0 saturated carbocycles. The monoisotopic (exact) mass is 556 g/mol. The Bertz CT molecular complexity index is 2360. The lowest BCUT2D eigenvalue weighted by atomic mass is 9.78. The number of hydrogen-bond donors (Lipinski definition) is 0. The van der Waals surface area contributed by atoms with Gasteiger partial charge in [-0.2, -0.15) is 0 Å². The smallest absolute Gasteiger partial charge is 0.000741 e. The first-order chi connectivity index (χ1) is 21.9. The van der Waals surface area contributed by atoms with Crippen LogP contribution in [-0.2, 0) is 0 Å². The lowest BCUT2D eigenvalue weighted by Gasteiger charge is -2.24. The van der Waals surface area contributed by atoms with Crippen LogP contribution in [0.15, 0.2) is 170 Å². The van der Waals surface area contributed by atoms with E-state index in [9.17, 15) is 0 Å². The summed E-state index contributed by atoms with van der Waals surface area (Å²) in [5, 5.41) is 5.16. The van der Waals surface area contributed by atoms with Crippen molar-refractivity contribution in [1.82, 2.24) is 0 Å². The van der Waals surface area contributed by atoms with Gasteiger partial charge in [0.05, 0.1) is 0 Å². The molecular weight excluding hydrogens is 528 g/mol. The first kappa shape index (κ1) is 24.8. The lowest BCUT2D eigenvalue weighted by Crippen LogP contribution is -1.97. The highest BCUT2D eigenvalue weighted by Crippen LogP contribution is 2.58. The number of benzene rings is 8. The molecular formula is C44H28. The van der Waals surface area contributed by atoms with E-state index in [0.717, 1.165) is 0 Å². The predicted octanol–water partition coefficient (Wildman–Crippen LogP) is 12.3. The molecule has 44 heavy (non-hydrogen) atoms. The van der Waals surface area contributed by atoms with Crippen molar-refractivity contribution in [3.8, 4) is 66.8 Å². The molecule has 0 N–H and O–H groups in total. The minimum atomic E-state index is 1.22. The van der Waals surface area contributed by atoms with Crippen molar-refractivity contribution in [3.63, 3.8) is 0 Å². The molecule has 9 rings (SSSR count). The average Bonchev–Trinajstić information content (AvgIpc) is 3.44. The highest BCUT2D eigenvalue weighted by Gasteiger charge is 2.31. The normalized spacial score (nSPS) is 11.6. The maximum absolute atomic E-state index is 2.33. The first-order valence-electron chi connectivity index (χ1n) is 15.3. The Morgan fingerprint density at radius 1 is 0.227 bits per heavy atom. The molecule has 1 aliphatic rings. The van der Waals surface area contributed by atoms with Crippen LogP contribution in [0.5, 0.6) is 0 Å². The van der Waals surface area contributed by atoms with Gasteiger partial charge in [-0.25, -0.2) is 0 Å². The summed E-state index contributed by atoms with van der Waals surface area (Å²) >= 11 is 0. The van der Waals surface area contributed by atoms with Crippen LogP contribution in [0.25, 0.3) is 88.3 Å². The van der Waals surface area contributed by atoms with Gasteiger partial charge in [0, 0.05) is 0 Å². The van der Waals surface area contributed by atoms with Gasteiger partial charge in [0.15, 0.2) is 0 Å². The standard InChI is InChI=1S/C44H28/c1-3-16-30(17-4-1)40-39-28-14-27-36-35-23-10-12-25-38(35)44(42(36)39)43(41(40)31-18-5-2-6-19-31)37-24-11-9-22-34(37)33-26-13-20-29-15-7-8-21-32(29)33/h1-28H. The fourth-order valence-corrected chi connectivity index (χ4v) is 7.43. The minimum absolute atomic E-state index is 1.22. The van der Waals surface area contributed by atoms with Crippen molar-refractivity contribution in [2.24, 2.45) is 0 Å². The van der Waals surface area contributed by atoms with Gasteiger partial charge in [0.1, 0.15) is 0 Å². The molecule has 204 valence electrons. The Hall–Kier alpha value is -5.72. The fraction of sp³-hybridized carbons (Fsp3) is 0. The maximum atomic E-state index is 2.33. The van der Waals surface area contributed by atoms with Gasteiger partial charge in [-0.3, -0.25) is 0 Å². The number of hydrogen-bond acceptors (Lipinski definition) is 0. The summed E-state index contributed by atoms with van der Waals surface area (Å²) in [6.07, 6.45) is 0. The molecule has 0 bridgehead atoms. The second-order valence-electron chi connectivity index (χ2n) is 11.6. The first-order valence-corrected chi connectivity index (χ1v) is 15.3. The highest BCUT2D eigenvalue weighted by atomic mass is 14.3. The zero-order chi connectivity index (χ0) is 29.0. The molecule has 0 fully saturated rings. The van der Waals surface area contributed by atoms with Crippen molar-refractivity contribution in [2.45, 2.75) is 0 Å². The second-order valence-corrected chi connectivity index (χ2v) is 11.6. The Balaban J connectivity index is 1.53. The molecule has 0 heteroatoms. The van der Waals surface area contributed by atoms with E-state index in [4.69, 9.17) is 0 Å². The summed E-state index contributed by atoms with van der Waals surface area (Å²) < 4.78 is 0. The van der Waals surface area contributed by atoms with Crippen LogP contribution >= 0.6 is 0 Å².